The monoisotopic (exact) mass is 424 g/mol. The number of rotatable bonds is 3. The van der Waals surface area contributed by atoms with E-state index in [0.29, 0.717) is 0 Å². The molecule has 1 aromatic carbocycles. The zero-order chi connectivity index (χ0) is 11.5. The summed E-state index contributed by atoms with van der Waals surface area (Å²) in [5.74, 6) is 0. The first-order valence-corrected chi connectivity index (χ1v) is 7.68. The smallest absolute Gasteiger partial charge is 0.0794 e. The van der Waals surface area contributed by atoms with E-state index >= 15 is 0 Å². The Hall–Kier alpha value is 0.0900. The fourth-order valence-corrected chi connectivity index (χ4v) is 4.29. The van der Waals surface area contributed by atoms with Crippen LogP contribution in [0.1, 0.15) is 4.88 Å². The third-order valence-corrected chi connectivity index (χ3v) is 4.42. The molecule has 0 amide bonds. The molecule has 1 heterocycles. The first-order chi connectivity index (χ1) is 7.66. The maximum Gasteiger partial charge on any atom is 0.0794 e. The molecule has 0 bridgehead atoms. The topological polar surface area (TPSA) is 24.9 Å². The van der Waals surface area contributed by atoms with E-state index in [1.54, 1.807) is 11.3 Å². The van der Waals surface area contributed by atoms with Gasteiger partial charge in [-0.1, -0.05) is 15.9 Å². The summed E-state index contributed by atoms with van der Waals surface area (Å²) in [5, 5.41) is 3.37. The summed E-state index contributed by atoms with van der Waals surface area (Å²) >= 11 is 12.1. The lowest BCUT2D eigenvalue weighted by Gasteiger charge is -2.10. The number of nitrogens with zero attached hydrogens (tertiary/aromatic N) is 1. The van der Waals surface area contributed by atoms with Crippen molar-refractivity contribution in [3.8, 4) is 0 Å². The highest BCUT2D eigenvalue weighted by atomic mass is 79.9. The Morgan fingerprint density at radius 1 is 1.19 bits per heavy atom. The van der Waals surface area contributed by atoms with Crippen LogP contribution < -0.4 is 5.32 Å². The van der Waals surface area contributed by atoms with E-state index in [2.05, 4.69) is 58.1 Å². The summed E-state index contributed by atoms with van der Waals surface area (Å²) in [6.07, 6.45) is 1.87. The molecular weight excluding hydrogens is 420 g/mol. The molecule has 84 valence electrons. The molecule has 0 aliphatic carbocycles. The van der Waals surface area contributed by atoms with E-state index in [4.69, 9.17) is 0 Å². The molecule has 0 radical (unpaired) electrons. The number of aromatic nitrogens is 1. The van der Waals surface area contributed by atoms with Gasteiger partial charge in [-0.3, -0.25) is 4.98 Å². The summed E-state index contributed by atoms with van der Waals surface area (Å²) in [5.41, 5.74) is 2.89. The van der Waals surface area contributed by atoms with Crippen LogP contribution in [-0.4, -0.2) is 4.98 Å². The van der Waals surface area contributed by atoms with Gasteiger partial charge in [-0.15, -0.1) is 11.3 Å². The van der Waals surface area contributed by atoms with Crippen LogP contribution in [0.4, 0.5) is 5.69 Å². The Morgan fingerprint density at radius 3 is 2.44 bits per heavy atom. The lowest BCUT2D eigenvalue weighted by molar-refractivity contribution is 1.17. The molecule has 0 saturated carbocycles. The number of anilines is 1. The molecule has 1 N–H and O–H groups in total. The van der Waals surface area contributed by atoms with Crippen molar-refractivity contribution in [1.82, 2.24) is 4.98 Å². The average Bonchev–Trinajstić information content (AvgIpc) is 2.68. The fraction of sp³-hybridized carbons (Fsp3) is 0.100. The minimum atomic E-state index is 0.781. The van der Waals surface area contributed by atoms with Gasteiger partial charge in [-0.05, 0) is 44.0 Å². The van der Waals surface area contributed by atoms with Gasteiger partial charge in [0.05, 0.1) is 17.7 Å². The van der Waals surface area contributed by atoms with E-state index in [9.17, 15) is 0 Å². The highest BCUT2D eigenvalue weighted by molar-refractivity contribution is 9.11. The van der Waals surface area contributed by atoms with Crippen molar-refractivity contribution in [1.29, 1.82) is 0 Å². The lowest BCUT2D eigenvalue weighted by atomic mass is 10.3. The third kappa shape index (κ3) is 3.06. The first kappa shape index (κ1) is 12.5. The van der Waals surface area contributed by atoms with E-state index < -0.39 is 0 Å². The van der Waals surface area contributed by atoms with Gasteiger partial charge in [-0.25, -0.2) is 0 Å². The van der Waals surface area contributed by atoms with Crippen molar-refractivity contribution in [3.05, 3.63) is 42.1 Å². The quantitative estimate of drug-likeness (QED) is 0.743. The van der Waals surface area contributed by atoms with Gasteiger partial charge in [-0.2, -0.15) is 0 Å². The van der Waals surface area contributed by atoms with Crippen LogP contribution in [0.2, 0.25) is 0 Å². The normalized spacial score (nSPS) is 10.4. The van der Waals surface area contributed by atoms with E-state index in [1.165, 1.54) is 4.88 Å². The SMILES string of the molecule is Brc1cc(Br)c(NCc2cncs2)c(Br)c1. The average molecular weight is 427 g/mol. The van der Waals surface area contributed by atoms with Crippen molar-refractivity contribution in [2.75, 3.05) is 5.32 Å². The van der Waals surface area contributed by atoms with Gasteiger partial charge in [0.1, 0.15) is 0 Å². The summed E-state index contributed by atoms with van der Waals surface area (Å²) < 4.78 is 3.09. The van der Waals surface area contributed by atoms with Crippen molar-refractivity contribution >= 4 is 64.8 Å². The molecular formula is C10H7Br3N2S. The lowest BCUT2D eigenvalue weighted by Crippen LogP contribution is -1.99. The molecule has 1 aromatic heterocycles. The number of benzene rings is 1. The van der Waals surface area contributed by atoms with E-state index in [0.717, 1.165) is 25.7 Å². The Labute approximate surface area is 123 Å². The molecule has 0 aliphatic heterocycles. The Morgan fingerprint density at radius 2 is 1.88 bits per heavy atom. The minimum Gasteiger partial charge on any atom is -0.378 e. The molecule has 6 heteroatoms. The van der Waals surface area contributed by atoms with Crippen molar-refractivity contribution < 1.29 is 0 Å². The largest absolute Gasteiger partial charge is 0.378 e. The molecule has 0 atom stereocenters. The number of halogens is 3. The second-order valence-corrected chi connectivity index (χ2v) is 6.66. The molecule has 2 rings (SSSR count). The predicted molar refractivity (Wildman–Crippen MR) is 79.0 cm³/mol. The molecule has 0 saturated heterocycles. The van der Waals surface area contributed by atoms with Gasteiger partial charge < -0.3 is 5.32 Å². The van der Waals surface area contributed by atoms with Gasteiger partial charge in [0.15, 0.2) is 0 Å². The molecule has 0 aliphatic rings. The van der Waals surface area contributed by atoms with Crippen LogP contribution in [-0.2, 0) is 6.54 Å². The van der Waals surface area contributed by atoms with Gasteiger partial charge in [0.25, 0.3) is 0 Å². The highest BCUT2D eigenvalue weighted by Crippen LogP contribution is 2.34. The van der Waals surface area contributed by atoms with Crippen molar-refractivity contribution in [2.45, 2.75) is 6.54 Å². The van der Waals surface area contributed by atoms with Crippen LogP contribution in [0, 0.1) is 0 Å². The van der Waals surface area contributed by atoms with Crippen LogP contribution in [0.3, 0.4) is 0 Å². The maximum absolute atomic E-state index is 4.04. The summed E-state index contributed by atoms with van der Waals surface area (Å²) in [7, 11) is 0. The number of hydrogen-bond donors (Lipinski definition) is 1. The molecule has 2 aromatic rings. The third-order valence-electron chi connectivity index (χ3n) is 1.93. The summed E-state index contributed by atoms with van der Waals surface area (Å²) in [6.45, 7) is 0.781. The molecule has 16 heavy (non-hydrogen) atoms. The number of thiazole rings is 1. The maximum atomic E-state index is 4.04. The number of nitrogens with one attached hydrogen (secondary N) is 1. The Balaban J connectivity index is 2.15. The van der Waals surface area contributed by atoms with Crippen molar-refractivity contribution in [3.63, 3.8) is 0 Å². The van der Waals surface area contributed by atoms with Crippen LogP contribution in [0.5, 0.6) is 0 Å². The predicted octanol–water partition coefficient (Wildman–Crippen LogP) is 5.04. The molecule has 0 unspecified atom stereocenters. The molecule has 0 fully saturated rings. The van der Waals surface area contributed by atoms with E-state index in [1.807, 2.05) is 23.8 Å². The second kappa shape index (κ2) is 5.62. The summed E-state index contributed by atoms with van der Waals surface area (Å²) in [6, 6.07) is 4.03. The first-order valence-electron chi connectivity index (χ1n) is 4.42. The van der Waals surface area contributed by atoms with Crippen LogP contribution >= 0.6 is 59.1 Å². The molecule has 2 nitrogen and oxygen atoms in total. The standard InChI is InChI=1S/C10H7Br3N2S/c11-6-1-8(12)10(9(13)2-6)15-4-7-3-14-5-16-7/h1-3,5,15H,4H2. The minimum absolute atomic E-state index is 0.781. The van der Waals surface area contributed by atoms with Crippen molar-refractivity contribution in [2.24, 2.45) is 0 Å². The summed E-state index contributed by atoms with van der Waals surface area (Å²) in [4.78, 5) is 5.25. The van der Waals surface area contributed by atoms with Crippen LogP contribution in [0.25, 0.3) is 0 Å². The van der Waals surface area contributed by atoms with Gasteiger partial charge in [0, 0.05) is 24.5 Å². The van der Waals surface area contributed by atoms with Crippen LogP contribution in [0.15, 0.2) is 37.3 Å². The fourth-order valence-electron chi connectivity index (χ4n) is 1.22. The number of hydrogen-bond acceptors (Lipinski definition) is 3. The Kier molecular flexibility index (Phi) is 4.41. The highest BCUT2D eigenvalue weighted by Gasteiger charge is 2.06. The van der Waals surface area contributed by atoms with Gasteiger partial charge in [0.2, 0.25) is 0 Å². The molecule has 0 spiro atoms. The Bertz CT molecular complexity index is 462. The second-order valence-electron chi connectivity index (χ2n) is 3.07. The zero-order valence-corrected chi connectivity index (χ0v) is 13.6. The van der Waals surface area contributed by atoms with E-state index in [-0.39, 0.29) is 0 Å². The van der Waals surface area contributed by atoms with Gasteiger partial charge >= 0.3 is 0 Å². The zero-order valence-electron chi connectivity index (χ0n) is 8.01.